The van der Waals surface area contributed by atoms with Crippen LogP contribution in [-0.2, 0) is 0 Å². The standard InChI is InChI=1S/C15H9ClS2/c16-11-7-5-10(6-8-11)15-9-13(17)12-3-1-2-4-14(12)18-15/h1-9H. The molecule has 2 aromatic carbocycles. The Morgan fingerprint density at radius 2 is 1.67 bits per heavy atom. The molecular formula is C15H9ClS2. The first kappa shape index (κ1) is 11.8. The second kappa shape index (κ2) is 4.81. The molecule has 0 nitrogen and oxygen atoms in total. The van der Waals surface area contributed by atoms with E-state index in [1.54, 1.807) is 11.3 Å². The van der Waals surface area contributed by atoms with E-state index in [0.29, 0.717) is 0 Å². The van der Waals surface area contributed by atoms with Gasteiger partial charge in [-0.3, -0.25) is 0 Å². The van der Waals surface area contributed by atoms with Gasteiger partial charge < -0.3 is 0 Å². The van der Waals surface area contributed by atoms with E-state index in [1.165, 1.54) is 9.58 Å². The summed E-state index contributed by atoms with van der Waals surface area (Å²) >= 11 is 13.1. The van der Waals surface area contributed by atoms with Gasteiger partial charge in [-0.05, 0) is 29.8 Å². The summed E-state index contributed by atoms with van der Waals surface area (Å²) in [4.78, 5) is 1.18. The van der Waals surface area contributed by atoms with Gasteiger partial charge >= 0.3 is 0 Å². The van der Waals surface area contributed by atoms with Gasteiger partial charge in [0, 0.05) is 24.5 Å². The first-order chi connectivity index (χ1) is 8.74. The molecule has 0 unspecified atom stereocenters. The molecule has 0 bridgehead atoms. The van der Waals surface area contributed by atoms with Crippen LogP contribution in [0, 0.1) is 4.51 Å². The zero-order chi connectivity index (χ0) is 12.5. The molecule has 0 amide bonds. The number of halogens is 1. The summed E-state index contributed by atoms with van der Waals surface area (Å²) in [5, 5.41) is 1.90. The lowest BCUT2D eigenvalue weighted by Gasteiger charge is -2.03. The number of hydrogen-bond acceptors (Lipinski definition) is 2. The smallest absolute Gasteiger partial charge is 0.0477 e. The first-order valence-corrected chi connectivity index (χ1v) is 7.13. The second-order valence-corrected chi connectivity index (χ2v) is 5.94. The molecule has 0 N–H and O–H groups in total. The van der Waals surface area contributed by atoms with E-state index in [9.17, 15) is 0 Å². The van der Waals surface area contributed by atoms with E-state index >= 15 is 0 Å². The minimum Gasteiger partial charge on any atom is -0.135 e. The van der Waals surface area contributed by atoms with Crippen LogP contribution in [0.25, 0.3) is 20.5 Å². The Hall–Kier alpha value is -1.22. The molecule has 3 heteroatoms. The maximum atomic E-state index is 5.91. The Labute approximate surface area is 119 Å². The average molecular weight is 289 g/mol. The molecule has 3 rings (SSSR count). The second-order valence-electron chi connectivity index (χ2n) is 3.98. The van der Waals surface area contributed by atoms with Crippen molar-refractivity contribution in [3.63, 3.8) is 0 Å². The van der Waals surface area contributed by atoms with Gasteiger partial charge in [-0.25, -0.2) is 0 Å². The van der Waals surface area contributed by atoms with E-state index < -0.39 is 0 Å². The maximum absolute atomic E-state index is 5.91. The maximum Gasteiger partial charge on any atom is 0.0477 e. The number of rotatable bonds is 1. The molecule has 0 aliphatic rings. The van der Waals surface area contributed by atoms with Crippen molar-refractivity contribution in [1.82, 2.24) is 0 Å². The van der Waals surface area contributed by atoms with E-state index in [0.717, 1.165) is 20.5 Å². The van der Waals surface area contributed by atoms with Crippen LogP contribution in [0.5, 0.6) is 0 Å². The highest BCUT2D eigenvalue weighted by molar-refractivity contribution is 7.71. The van der Waals surface area contributed by atoms with Gasteiger partial charge in [0.15, 0.2) is 0 Å². The third-order valence-corrected chi connectivity index (χ3v) is 4.50. The lowest BCUT2D eigenvalue weighted by molar-refractivity contribution is 1.68. The molecule has 0 radical (unpaired) electrons. The molecule has 0 atom stereocenters. The van der Waals surface area contributed by atoms with Gasteiger partial charge in [0.05, 0.1) is 0 Å². The van der Waals surface area contributed by atoms with Crippen LogP contribution in [0.1, 0.15) is 0 Å². The van der Waals surface area contributed by atoms with E-state index in [1.807, 2.05) is 36.4 Å². The Morgan fingerprint density at radius 1 is 0.944 bits per heavy atom. The molecule has 18 heavy (non-hydrogen) atoms. The Balaban J connectivity index is 2.24. The summed E-state index contributed by atoms with van der Waals surface area (Å²) in [6, 6.07) is 18.2. The summed E-state index contributed by atoms with van der Waals surface area (Å²) in [6.07, 6.45) is 0. The number of fused-ring (bicyclic) bond motifs is 1. The van der Waals surface area contributed by atoms with Gasteiger partial charge in [0.25, 0.3) is 0 Å². The van der Waals surface area contributed by atoms with Gasteiger partial charge in [0.1, 0.15) is 0 Å². The van der Waals surface area contributed by atoms with Crippen LogP contribution >= 0.6 is 35.2 Å². The van der Waals surface area contributed by atoms with E-state index in [4.69, 9.17) is 23.8 Å². The summed E-state index contributed by atoms with van der Waals surface area (Å²) < 4.78 is 2.12. The molecule has 1 heterocycles. The van der Waals surface area contributed by atoms with Crippen LogP contribution in [0.3, 0.4) is 0 Å². The van der Waals surface area contributed by atoms with Crippen LogP contribution in [-0.4, -0.2) is 0 Å². The SMILES string of the molecule is S=c1cc(-c2ccc(Cl)cc2)sc2ccccc12. The molecule has 0 saturated carbocycles. The van der Waals surface area contributed by atoms with Crippen molar-refractivity contribution in [2.24, 2.45) is 0 Å². The normalized spacial score (nSPS) is 10.7. The molecule has 88 valence electrons. The lowest BCUT2D eigenvalue weighted by atomic mass is 10.2. The average Bonchev–Trinajstić information content (AvgIpc) is 2.39. The fraction of sp³-hybridized carbons (Fsp3) is 0. The van der Waals surface area contributed by atoms with E-state index in [2.05, 4.69) is 18.2 Å². The topological polar surface area (TPSA) is 0 Å². The van der Waals surface area contributed by atoms with E-state index in [-0.39, 0.29) is 0 Å². The monoisotopic (exact) mass is 288 g/mol. The van der Waals surface area contributed by atoms with Crippen molar-refractivity contribution in [3.05, 3.63) is 64.1 Å². The highest BCUT2D eigenvalue weighted by Crippen LogP contribution is 2.31. The van der Waals surface area contributed by atoms with Crippen molar-refractivity contribution < 1.29 is 0 Å². The fourth-order valence-corrected chi connectivity index (χ4v) is 3.52. The quantitative estimate of drug-likeness (QED) is 0.499. The van der Waals surface area contributed by atoms with Gasteiger partial charge in [-0.15, -0.1) is 11.3 Å². The number of benzene rings is 2. The van der Waals surface area contributed by atoms with Crippen LogP contribution in [0.4, 0.5) is 0 Å². The molecule has 0 aliphatic carbocycles. The highest BCUT2D eigenvalue weighted by Gasteiger charge is 2.02. The predicted octanol–water partition coefficient (Wildman–Crippen LogP) is 5.95. The lowest BCUT2D eigenvalue weighted by Crippen LogP contribution is -1.77. The largest absolute Gasteiger partial charge is 0.135 e. The molecule has 1 aromatic heterocycles. The van der Waals surface area contributed by atoms with Crippen molar-refractivity contribution in [1.29, 1.82) is 0 Å². The molecule has 0 fully saturated rings. The zero-order valence-corrected chi connectivity index (χ0v) is 11.8. The van der Waals surface area contributed by atoms with Crippen LogP contribution in [0.2, 0.25) is 5.02 Å². The van der Waals surface area contributed by atoms with Crippen molar-refractivity contribution in [2.75, 3.05) is 0 Å². The van der Waals surface area contributed by atoms with Crippen LogP contribution in [0.15, 0.2) is 54.6 Å². The summed E-state index contributed by atoms with van der Waals surface area (Å²) in [5.74, 6) is 0. The molecular weight excluding hydrogens is 280 g/mol. The molecule has 3 aromatic rings. The first-order valence-electron chi connectivity index (χ1n) is 5.53. The van der Waals surface area contributed by atoms with Gasteiger partial charge in [-0.2, -0.15) is 0 Å². The molecule has 0 spiro atoms. The minimum absolute atomic E-state index is 0.753. The van der Waals surface area contributed by atoms with Crippen molar-refractivity contribution in [2.45, 2.75) is 0 Å². The van der Waals surface area contributed by atoms with Gasteiger partial charge in [0.2, 0.25) is 0 Å². The summed E-state index contributed by atoms with van der Waals surface area (Å²) in [7, 11) is 0. The minimum atomic E-state index is 0.753. The molecule has 0 aliphatic heterocycles. The summed E-state index contributed by atoms with van der Waals surface area (Å²) in [6.45, 7) is 0. The van der Waals surface area contributed by atoms with Gasteiger partial charge in [-0.1, -0.05) is 54.2 Å². The summed E-state index contributed by atoms with van der Waals surface area (Å²) in [5.41, 5.74) is 1.15. The zero-order valence-electron chi connectivity index (χ0n) is 9.39. The Kier molecular flexibility index (Phi) is 3.16. The third kappa shape index (κ3) is 2.19. The fourth-order valence-electron chi connectivity index (χ4n) is 1.86. The third-order valence-electron chi connectivity index (χ3n) is 2.76. The van der Waals surface area contributed by atoms with Crippen molar-refractivity contribution in [3.8, 4) is 10.4 Å². The Bertz CT molecular complexity index is 757. The molecule has 0 saturated heterocycles. The predicted molar refractivity (Wildman–Crippen MR) is 83.1 cm³/mol. The highest BCUT2D eigenvalue weighted by atomic mass is 35.5. The van der Waals surface area contributed by atoms with Crippen molar-refractivity contribution >= 4 is 45.2 Å². The number of hydrogen-bond donors (Lipinski definition) is 0. The Morgan fingerprint density at radius 3 is 2.44 bits per heavy atom. The van der Waals surface area contributed by atoms with Crippen LogP contribution < -0.4 is 0 Å².